The lowest BCUT2D eigenvalue weighted by Crippen LogP contribution is -2.45. The molecule has 102 valence electrons. The molecule has 1 aliphatic heterocycles. The largest absolute Gasteiger partial charge is 0.353 e. The van der Waals surface area contributed by atoms with Crippen LogP contribution in [0.5, 0.6) is 0 Å². The maximum atomic E-state index is 5.59. The first kappa shape index (κ1) is 13.7. The van der Waals surface area contributed by atoms with E-state index in [-0.39, 0.29) is 6.04 Å². The molecule has 0 radical (unpaired) electrons. The van der Waals surface area contributed by atoms with E-state index >= 15 is 0 Å². The Hall–Kier alpha value is -0.720. The summed E-state index contributed by atoms with van der Waals surface area (Å²) in [6, 6.07) is 0.151. The molecule has 1 saturated heterocycles. The van der Waals surface area contributed by atoms with E-state index in [4.69, 9.17) is 9.47 Å². The Kier molecular flexibility index (Phi) is 4.19. The number of nitrogens with zero attached hydrogens (tertiary/aromatic N) is 2. The number of anilines is 1. The van der Waals surface area contributed by atoms with Gasteiger partial charge in [0, 0.05) is 6.42 Å². The first-order chi connectivity index (χ1) is 8.44. The molecule has 18 heavy (non-hydrogen) atoms. The molecule has 2 heterocycles. The SMILES string of the molecule is CC(C)Cc1nnc(NC2COC(C)(C)OC2)s1. The molecule has 1 aromatic rings. The number of hydrogen-bond acceptors (Lipinski definition) is 6. The van der Waals surface area contributed by atoms with Crippen molar-refractivity contribution in [1.29, 1.82) is 0 Å². The highest BCUT2D eigenvalue weighted by Gasteiger charge is 2.28. The molecule has 1 N–H and O–H groups in total. The predicted octanol–water partition coefficient (Wildman–Crippen LogP) is 2.30. The normalized spacial score (nSPS) is 20.3. The molecule has 0 amide bonds. The van der Waals surface area contributed by atoms with Gasteiger partial charge in [0.15, 0.2) is 5.79 Å². The maximum absolute atomic E-state index is 5.59. The van der Waals surface area contributed by atoms with Gasteiger partial charge in [-0.15, -0.1) is 10.2 Å². The minimum Gasteiger partial charge on any atom is -0.353 e. The lowest BCUT2D eigenvalue weighted by molar-refractivity contribution is -0.247. The first-order valence-corrected chi connectivity index (χ1v) is 7.13. The van der Waals surface area contributed by atoms with Crippen LogP contribution >= 0.6 is 11.3 Å². The van der Waals surface area contributed by atoms with Crippen LogP contribution in [-0.4, -0.2) is 35.2 Å². The van der Waals surface area contributed by atoms with Crippen molar-refractivity contribution < 1.29 is 9.47 Å². The summed E-state index contributed by atoms with van der Waals surface area (Å²) in [6.07, 6.45) is 0.976. The highest BCUT2D eigenvalue weighted by atomic mass is 32.1. The highest BCUT2D eigenvalue weighted by molar-refractivity contribution is 7.15. The minimum absolute atomic E-state index is 0.151. The Morgan fingerprint density at radius 1 is 1.33 bits per heavy atom. The van der Waals surface area contributed by atoms with E-state index in [0.29, 0.717) is 19.1 Å². The van der Waals surface area contributed by atoms with Crippen molar-refractivity contribution in [2.24, 2.45) is 5.92 Å². The van der Waals surface area contributed by atoms with E-state index in [9.17, 15) is 0 Å². The van der Waals surface area contributed by atoms with Gasteiger partial charge in [-0.05, 0) is 19.8 Å². The van der Waals surface area contributed by atoms with Crippen molar-refractivity contribution >= 4 is 16.5 Å². The van der Waals surface area contributed by atoms with Crippen molar-refractivity contribution in [3.8, 4) is 0 Å². The van der Waals surface area contributed by atoms with Crippen LogP contribution < -0.4 is 5.32 Å². The highest BCUT2D eigenvalue weighted by Crippen LogP contribution is 2.22. The van der Waals surface area contributed by atoms with Crippen molar-refractivity contribution in [1.82, 2.24) is 10.2 Å². The van der Waals surface area contributed by atoms with Crippen LogP contribution in [0.25, 0.3) is 0 Å². The second-order valence-electron chi connectivity index (χ2n) is 5.46. The molecule has 2 rings (SSSR count). The lowest BCUT2D eigenvalue weighted by Gasteiger charge is -2.35. The monoisotopic (exact) mass is 271 g/mol. The van der Waals surface area contributed by atoms with Crippen LogP contribution in [0.15, 0.2) is 0 Å². The second kappa shape index (κ2) is 5.50. The molecule has 1 aromatic heterocycles. The van der Waals surface area contributed by atoms with Crippen LogP contribution in [0.4, 0.5) is 5.13 Å². The Bertz CT molecular complexity index is 382. The molecule has 0 saturated carbocycles. The van der Waals surface area contributed by atoms with Crippen LogP contribution in [-0.2, 0) is 15.9 Å². The Balaban J connectivity index is 1.85. The van der Waals surface area contributed by atoms with Crippen LogP contribution in [0, 0.1) is 5.92 Å². The molecule has 5 nitrogen and oxygen atoms in total. The van der Waals surface area contributed by atoms with Crippen LogP contribution in [0.3, 0.4) is 0 Å². The molecular formula is C12H21N3O2S. The molecule has 1 aliphatic rings. The zero-order valence-electron chi connectivity index (χ0n) is 11.4. The minimum atomic E-state index is -0.470. The van der Waals surface area contributed by atoms with Gasteiger partial charge in [0.2, 0.25) is 5.13 Å². The summed E-state index contributed by atoms with van der Waals surface area (Å²) >= 11 is 1.61. The summed E-state index contributed by atoms with van der Waals surface area (Å²) in [4.78, 5) is 0. The number of nitrogens with one attached hydrogen (secondary N) is 1. The zero-order valence-corrected chi connectivity index (χ0v) is 12.2. The summed E-state index contributed by atoms with van der Waals surface area (Å²) in [6.45, 7) is 9.47. The predicted molar refractivity (Wildman–Crippen MR) is 71.8 cm³/mol. The van der Waals surface area contributed by atoms with E-state index in [2.05, 4.69) is 29.4 Å². The summed E-state index contributed by atoms with van der Waals surface area (Å²) < 4.78 is 11.2. The molecule has 0 aromatic carbocycles. The maximum Gasteiger partial charge on any atom is 0.206 e. The van der Waals surface area contributed by atoms with Gasteiger partial charge in [0.05, 0.1) is 19.3 Å². The number of ether oxygens (including phenoxy) is 2. The molecule has 0 unspecified atom stereocenters. The van der Waals surface area contributed by atoms with Gasteiger partial charge in [-0.2, -0.15) is 0 Å². The smallest absolute Gasteiger partial charge is 0.206 e. The molecule has 0 bridgehead atoms. The molecular weight excluding hydrogens is 250 g/mol. The van der Waals surface area contributed by atoms with Crippen LogP contribution in [0.2, 0.25) is 0 Å². The topological polar surface area (TPSA) is 56.3 Å². The standard InChI is InChI=1S/C12H21N3O2S/c1-8(2)5-10-14-15-11(18-10)13-9-6-16-12(3,4)17-7-9/h8-9H,5-7H2,1-4H3,(H,13,15). The summed E-state index contributed by atoms with van der Waals surface area (Å²) in [5.74, 6) is 0.134. The van der Waals surface area contributed by atoms with Gasteiger partial charge in [-0.1, -0.05) is 25.2 Å². The number of rotatable bonds is 4. The number of hydrogen-bond donors (Lipinski definition) is 1. The third-order valence-corrected chi connectivity index (χ3v) is 3.52. The first-order valence-electron chi connectivity index (χ1n) is 6.31. The fourth-order valence-electron chi connectivity index (χ4n) is 1.69. The van der Waals surface area contributed by atoms with Crippen molar-refractivity contribution in [2.45, 2.75) is 45.9 Å². The average Bonchev–Trinajstić information content (AvgIpc) is 2.68. The summed E-state index contributed by atoms with van der Waals surface area (Å²) in [7, 11) is 0. The van der Waals surface area contributed by atoms with Crippen molar-refractivity contribution in [3.63, 3.8) is 0 Å². The van der Waals surface area contributed by atoms with Crippen LogP contribution in [0.1, 0.15) is 32.7 Å². The zero-order chi connectivity index (χ0) is 13.2. The molecule has 6 heteroatoms. The molecule has 0 atom stereocenters. The third-order valence-electron chi connectivity index (χ3n) is 2.64. The fourth-order valence-corrected chi connectivity index (χ4v) is 2.72. The summed E-state index contributed by atoms with van der Waals surface area (Å²) in [5, 5.41) is 13.6. The fraction of sp³-hybridized carbons (Fsp3) is 0.833. The van der Waals surface area contributed by atoms with Gasteiger partial charge in [-0.3, -0.25) is 0 Å². The van der Waals surface area contributed by atoms with Gasteiger partial charge >= 0.3 is 0 Å². The van der Waals surface area contributed by atoms with Gasteiger partial charge in [0.25, 0.3) is 0 Å². The van der Waals surface area contributed by atoms with Crippen molar-refractivity contribution in [3.05, 3.63) is 5.01 Å². The van der Waals surface area contributed by atoms with E-state index in [1.807, 2.05) is 13.8 Å². The van der Waals surface area contributed by atoms with E-state index < -0.39 is 5.79 Å². The average molecular weight is 271 g/mol. The second-order valence-corrected chi connectivity index (χ2v) is 6.52. The third kappa shape index (κ3) is 3.90. The molecule has 0 aliphatic carbocycles. The Morgan fingerprint density at radius 2 is 2.00 bits per heavy atom. The van der Waals surface area contributed by atoms with E-state index in [0.717, 1.165) is 16.6 Å². The quantitative estimate of drug-likeness (QED) is 0.910. The Morgan fingerprint density at radius 3 is 2.61 bits per heavy atom. The number of aromatic nitrogens is 2. The van der Waals surface area contributed by atoms with Gasteiger partial charge < -0.3 is 14.8 Å². The Labute approximate surface area is 112 Å². The lowest BCUT2D eigenvalue weighted by atomic mass is 10.1. The van der Waals surface area contributed by atoms with Gasteiger partial charge in [0.1, 0.15) is 5.01 Å². The van der Waals surface area contributed by atoms with E-state index in [1.54, 1.807) is 11.3 Å². The van der Waals surface area contributed by atoms with Crippen molar-refractivity contribution in [2.75, 3.05) is 18.5 Å². The molecule has 0 spiro atoms. The van der Waals surface area contributed by atoms with E-state index in [1.165, 1.54) is 0 Å². The molecule has 1 fully saturated rings. The van der Waals surface area contributed by atoms with Gasteiger partial charge in [-0.25, -0.2) is 0 Å². The summed E-state index contributed by atoms with van der Waals surface area (Å²) in [5.41, 5.74) is 0.